The minimum atomic E-state index is 0.217. The van der Waals surface area contributed by atoms with Gasteiger partial charge in [0.05, 0.1) is 0 Å². The minimum Gasteiger partial charge on any atom is -0.384 e. The summed E-state index contributed by atoms with van der Waals surface area (Å²) >= 11 is 0. The Morgan fingerprint density at radius 3 is 2.92 bits per heavy atom. The van der Waals surface area contributed by atoms with E-state index in [1.54, 1.807) is 0 Å². The molecule has 0 aromatic heterocycles. The Kier molecular flexibility index (Phi) is 2.00. The summed E-state index contributed by atoms with van der Waals surface area (Å²) in [4.78, 5) is 0. The molecule has 0 bridgehead atoms. The van der Waals surface area contributed by atoms with E-state index < -0.39 is 0 Å². The quantitative estimate of drug-likeness (QED) is 0.635. The lowest BCUT2D eigenvalue weighted by molar-refractivity contribution is 0.653. The molecule has 0 spiro atoms. The van der Waals surface area contributed by atoms with Gasteiger partial charge in [0, 0.05) is 18.3 Å². The Balaban J connectivity index is 2.56. The van der Waals surface area contributed by atoms with Gasteiger partial charge in [-0.15, -0.1) is 0 Å². The smallest absolute Gasteiger partial charge is 0.0418 e. The highest BCUT2D eigenvalue weighted by atomic mass is 14.9. The van der Waals surface area contributed by atoms with Gasteiger partial charge >= 0.3 is 0 Å². The lowest BCUT2D eigenvalue weighted by atomic mass is 9.94. The number of rotatable bonds is 0. The number of hydrogen-bond acceptors (Lipinski definition) is 2. The summed E-state index contributed by atoms with van der Waals surface area (Å²) in [5.41, 5.74) is 11.2. The third-order valence-electron chi connectivity index (χ3n) is 2.67. The molecule has 0 saturated carbocycles. The fourth-order valence-electron chi connectivity index (χ4n) is 2.04. The molecule has 0 radical (unpaired) electrons. The normalized spacial score (nSPS) is 20.7. The zero-order chi connectivity index (χ0) is 9.42. The first-order valence-electron chi connectivity index (χ1n) is 4.79. The molecule has 1 unspecified atom stereocenters. The zero-order valence-corrected chi connectivity index (χ0v) is 8.22. The molecule has 0 fully saturated rings. The van der Waals surface area contributed by atoms with Crippen molar-refractivity contribution < 1.29 is 0 Å². The van der Waals surface area contributed by atoms with Crippen LogP contribution in [0.1, 0.15) is 29.2 Å². The topological polar surface area (TPSA) is 38.0 Å². The van der Waals surface area contributed by atoms with Crippen LogP contribution in [0, 0.1) is 13.8 Å². The highest BCUT2D eigenvalue weighted by Crippen LogP contribution is 2.31. The van der Waals surface area contributed by atoms with Gasteiger partial charge in [0.15, 0.2) is 0 Å². The molecule has 0 saturated heterocycles. The first kappa shape index (κ1) is 8.57. The second-order valence-electron chi connectivity index (χ2n) is 3.87. The molecule has 70 valence electrons. The number of benzene rings is 1. The second-order valence-corrected chi connectivity index (χ2v) is 3.87. The van der Waals surface area contributed by atoms with Crippen molar-refractivity contribution in [1.82, 2.24) is 0 Å². The molecule has 2 nitrogen and oxygen atoms in total. The Hall–Kier alpha value is -1.02. The van der Waals surface area contributed by atoms with Crippen molar-refractivity contribution in [2.75, 3.05) is 11.9 Å². The van der Waals surface area contributed by atoms with Crippen LogP contribution in [0.4, 0.5) is 5.69 Å². The Morgan fingerprint density at radius 1 is 1.38 bits per heavy atom. The van der Waals surface area contributed by atoms with E-state index in [0.717, 1.165) is 13.0 Å². The van der Waals surface area contributed by atoms with Crippen molar-refractivity contribution in [2.24, 2.45) is 5.73 Å². The van der Waals surface area contributed by atoms with Crippen LogP contribution in [0.25, 0.3) is 0 Å². The fourth-order valence-corrected chi connectivity index (χ4v) is 2.04. The number of nitrogens with one attached hydrogen (secondary N) is 1. The number of anilines is 1. The maximum Gasteiger partial charge on any atom is 0.0418 e. The second kappa shape index (κ2) is 3.04. The highest BCUT2D eigenvalue weighted by molar-refractivity contribution is 5.61. The molecule has 1 aliphatic rings. The van der Waals surface area contributed by atoms with Crippen molar-refractivity contribution >= 4 is 5.69 Å². The van der Waals surface area contributed by atoms with Gasteiger partial charge in [-0.25, -0.2) is 0 Å². The van der Waals surface area contributed by atoms with E-state index in [1.807, 2.05) is 0 Å². The van der Waals surface area contributed by atoms with Crippen LogP contribution in [-0.4, -0.2) is 6.54 Å². The number of aryl methyl sites for hydroxylation is 2. The molecular weight excluding hydrogens is 160 g/mol. The van der Waals surface area contributed by atoms with Crippen molar-refractivity contribution in [3.05, 3.63) is 28.8 Å². The van der Waals surface area contributed by atoms with Gasteiger partial charge in [-0.3, -0.25) is 0 Å². The van der Waals surface area contributed by atoms with Gasteiger partial charge in [0.2, 0.25) is 0 Å². The monoisotopic (exact) mass is 176 g/mol. The van der Waals surface area contributed by atoms with Crippen molar-refractivity contribution in [3.63, 3.8) is 0 Å². The lowest BCUT2D eigenvalue weighted by Crippen LogP contribution is -2.23. The van der Waals surface area contributed by atoms with Crippen molar-refractivity contribution in [1.29, 1.82) is 0 Å². The first-order valence-corrected chi connectivity index (χ1v) is 4.79. The number of nitrogens with two attached hydrogens (primary N) is 1. The van der Waals surface area contributed by atoms with Crippen LogP contribution in [-0.2, 0) is 0 Å². The molecule has 0 amide bonds. The van der Waals surface area contributed by atoms with E-state index in [4.69, 9.17) is 5.73 Å². The number of hydrogen-bond donors (Lipinski definition) is 2. The van der Waals surface area contributed by atoms with E-state index >= 15 is 0 Å². The zero-order valence-electron chi connectivity index (χ0n) is 8.22. The largest absolute Gasteiger partial charge is 0.384 e. The van der Waals surface area contributed by atoms with Gasteiger partial charge in [-0.05, 0) is 31.4 Å². The first-order chi connectivity index (χ1) is 6.18. The SMILES string of the molecule is Cc1cc(C)c2c(c1)C(N)CCN2. The molecule has 1 aliphatic heterocycles. The maximum atomic E-state index is 6.04. The summed E-state index contributed by atoms with van der Waals surface area (Å²) < 4.78 is 0. The summed E-state index contributed by atoms with van der Waals surface area (Å²) in [7, 11) is 0. The van der Waals surface area contributed by atoms with Gasteiger partial charge in [0.25, 0.3) is 0 Å². The van der Waals surface area contributed by atoms with Crippen LogP contribution in [0.2, 0.25) is 0 Å². The van der Waals surface area contributed by atoms with Crippen LogP contribution >= 0.6 is 0 Å². The van der Waals surface area contributed by atoms with Crippen molar-refractivity contribution in [3.8, 4) is 0 Å². The molecule has 1 aromatic rings. The average Bonchev–Trinajstić information content (AvgIpc) is 2.07. The molecule has 1 aromatic carbocycles. The molecule has 1 heterocycles. The van der Waals surface area contributed by atoms with E-state index in [0.29, 0.717) is 0 Å². The Labute approximate surface area is 79.1 Å². The average molecular weight is 176 g/mol. The Bertz CT molecular complexity index is 331. The lowest BCUT2D eigenvalue weighted by Gasteiger charge is -2.25. The van der Waals surface area contributed by atoms with E-state index in [-0.39, 0.29) is 6.04 Å². The van der Waals surface area contributed by atoms with Crippen LogP contribution in [0.5, 0.6) is 0 Å². The van der Waals surface area contributed by atoms with E-state index in [9.17, 15) is 0 Å². The molecule has 0 aliphatic carbocycles. The molecule has 2 heteroatoms. The molecular formula is C11H16N2. The van der Waals surface area contributed by atoms with E-state index in [1.165, 1.54) is 22.4 Å². The number of fused-ring (bicyclic) bond motifs is 1. The van der Waals surface area contributed by atoms with Crippen LogP contribution < -0.4 is 11.1 Å². The summed E-state index contributed by atoms with van der Waals surface area (Å²) in [6, 6.07) is 4.61. The third-order valence-corrected chi connectivity index (χ3v) is 2.67. The minimum absolute atomic E-state index is 0.217. The predicted octanol–water partition coefficient (Wildman–Crippen LogP) is 2.12. The van der Waals surface area contributed by atoms with Crippen LogP contribution in [0.3, 0.4) is 0 Å². The summed E-state index contributed by atoms with van der Waals surface area (Å²) in [6.07, 6.45) is 1.04. The maximum absolute atomic E-state index is 6.04. The summed E-state index contributed by atoms with van der Waals surface area (Å²) in [6.45, 7) is 5.25. The third kappa shape index (κ3) is 1.42. The molecule has 2 rings (SSSR count). The molecule has 13 heavy (non-hydrogen) atoms. The molecule has 1 atom stereocenters. The molecule has 3 N–H and O–H groups in total. The van der Waals surface area contributed by atoms with Crippen LogP contribution in [0.15, 0.2) is 12.1 Å². The fraction of sp³-hybridized carbons (Fsp3) is 0.455. The summed E-state index contributed by atoms with van der Waals surface area (Å²) in [5, 5.41) is 3.41. The standard InChI is InChI=1S/C11H16N2/c1-7-5-8(2)11-9(6-7)10(12)3-4-13-11/h5-6,10,13H,3-4,12H2,1-2H3. The summed E-state index contributed by atoms with van der Waals surface area (Å²) in [5.74, 6) is 0. The highest BCUT2D eigenvalue weighted by Gasteiger charge is 2.17. The van der Waals surface area contributed by atoms with Gasteiger partial charge in [-0.2, -0.15) is 0 Å². The predicted molar refractivity (Wildman–Crippen MR) is 56.0 cm³/mol. The Morgan fingerprint density at radius 2 is 2.15 bits per heavy atom. The van der Waals surface area contributed by atoms with Gasteiger partial charge in [-0.1, -0.05) is 17.7 Å². The van der Waals surface area contributed by atoms with Gasteiger partial charge in [0.1, 0.15) is 0 Å². The van der Waals surface area contributed by atoms with Crippen molar-refractivity contribution in [2.45, 2.75) is 26.3 Å². The van der Waals surface area contributed by atoms with E-state index in [2.05, 4.69) is 31.3 Å². The van der Waals surface area contributed by atoms with Gasteiger partial charge < -0.3 is 11.1 Å².